The fraction of sp³-hybridized carbons (Fsp3) is 0.400. The van der Waals surface area contributed by atoms with Gasteiger partial charge in [0.1, 0.15) is 0 Å². The van der Waals surface area contributed by atoms with Crippen LogP contribution in [0.4, 0.5) is 0 Å². The monoisotopic (exact) mass is 387 g/mol. The molecule has 1 amide bonds. The Morgan fingerprint density at radius 3 is 2.78 bits per heavy atom. The van der Waals surface area contributed by atoms with Crippen molar-refractivity contribution in [1.82, 2.24) is 14.6 Å². The Hall–Kier alpha value is -2.25. The van der Waals surface area contributed by atoms with E-state index in [4.69, 9.17) is 0 Å². The number of pyridine rings is 1. The van der Waals surface area contributed by atoms with Gasteiger partial charge in [0, 0.05) is 37.6 Å². The molecular weight excluding hydrogens is 362 g/mol. The van der Waals surface area contributed by atoms with Gasteiger partial charge in [-0.1, -0.05) is 13.0 Å². The number of aromatic nitrogens is 1. The van der Waals surface area contributed by atoms with Crippen molar-refractivity contribution in [3.63, 3.8) is 0 Å². The number of sulfonamides is 1. The third-order valence-electron chi connectivity index (χ3n) is 4.79. The molecule has 1 atom stereocenters. The Bertz CT molecular complexity index is 884. The minimum absolute atomic E-state index is 0.101. The van der Waals surface area contributed by atoms with Crippen LogP contribution in [0.5, 0.6) is 0 Å². The van der Waals surface area contributed by atoms with Crippen LogP contribution >= 0.6 is 0 Å². The summed E-state index contributed by atoms with van der Waals surface area (Å²) in [4.78, 5) is 18.6. The number of carbonyl (C=O) groups is 1. The van der Waals surface area contributed by atoms with E-state index < -0.39 is 10.0 Å². The predicted molar refractivity (Wildman–Crippen MR) is 104 cm³/mol. The summed E-state index contributed by atoms with van der Waals surface area (Å²) in [5.41, 5.74) is 1.43. The average molecular weight is 388 g/mol. The molecule has 2 heterocycles. The molecule has 6 nitrogen and oxygen atoms in total. The normalized spacial score (nSPS) is 17.7. The lowest BCUT2D eigenvalue weighted by Crippen LogP contribution is -2.39. The number of nitrogens with zero attached hydrogens (tertiary/aromatic N) is 2. The minimum atomic E-state index is -3.66. The molecule has 1 aromatic carbocycles. The van der Waals surface area contributed by atoms with Crippen LogP contribution in [0.25, 0.3) is 0 Å². The fourth-order valence-electron chi connectivity index (χ4n) is 3.32. The summed E-state index contributed by atoms with van der Waals surface area (Å²) in [6.45, 7) is 3.87. The molecule has 0 spiro atoms. The van der Waals surface area contributed by atoms with Gasteiger partial charge in [0.05, 0.1) is 4.90 Å². The second-order valence-corrected chi connectivity index (χ2v) is 8.80. The molecule has 27 heavy (non-hydrogen) atoms. The van der Waals surface area contributed by atoms with E-state index in [2.05, 4.69) is 16.6 Å². The van der Waals surface area contributed by atoms with Gasteiger partial charge in [-0.15, -0.1) is 0 Å². The summed E-state index contributed by atoms with van der Waals surface area (Å²) in [6.07, 6.45) is 6.05. The number of nitrogens with one attached hydrogen (secondary N) is 1. The van der Waals surface area contributed by atoms with Gasteiger partial charge in [0.25, 0.3) is 5.91 Å². The van der Waals surface area contributed by atoms with E-state index >= 15 is 0 Å². The fourth-order valence-corrected chi connectivity index (χ4v) is 4.39. The summed E-state index contributed by atoms with van der Waals surface area (Å²) >= 11 is 0. The molecule has 144 valence electrons. The minimum Gasteiger partial charge on any atom is -0.338 e. The van der Waals surface area contributed by atoms with Gasteiger partial charge >= 0.3 is 0 Å². The number of amides is 1. The van der Waals surface area contributed by atoms with Gasteiger partial charge in [-0.25, -0.2) is 13.1 Å². The Morgan fingerprint density at radius 2 is 2.04 bits per heavy atom. The van der Waals surface area contributed by atoms with Gasteiger partial charge in [-0.3, -0.25) is 9.78 Å². The molecule has 2 aromatic rings. The number of hydrogen-bond acceptors (Lipinski definition) is 4. The van der Waals surface area contributed by atoms with Crippen LogP contribution in [0.15, 0.2) is 53.7 Å². The zero-order valence-corrected chi connectivity index (χ0v) is 16.3. The Balaban J connectivity index is 1.67. The topological polar surface area (TPSA) is 79.4 Å². The Labute approximate surface area is 160 Å². The molecule has 0 bridgehead atoms. The van der Waals surface area contributed by atoms with E-state index in [1.165, 1.54) is 12.1 Å². The standard InChI is InChI=1S/C20H25N3O3S/c1-16-4-3-13-23(15-16)20(24)18-5-2-6-19(14-18)27(25,26)22-12-9-17-7-10-21-11-8-17/h2,5-8,10-11,14,16,22H,3-4,9,12-13,15H2,1H3/t16-/m0/s1. The second-order valence-electron chi connectivity index (χ2n) is 7.03. The van der Waals surface area contributed by atoms with Crippen molar-refractivity contribution >= 4 is 15.9 Å². The first-order valence-electron chi connectivity index (χ1n) is 9.23. The van der Waals surface area contributed by atoms with Gasteiger partial charge in [0.2, 0.25) is 10.0 Å². The highest BCUT2D eigenvalue weighted by Crippen LogP contribution is 2.19. The van der Waals surface area contributed by atoms with Crippen LogP contribution in [-0.4, -0.2) is 43.8 Å². The van der Waals surface area contributed by atoms with E-state index in [1.807, 2.05) is 17.0 Å². The van der Waals surface area contributed by atoms with Crippen LogP contribution in [0.2, 0.25) is 0 Å². The van der Waals surface area contributed by atoms with Gasteiger partial charge in [0.15, 0.2) is 0 Å². The lowest BCUT2D eigenvalue weighted by Gasteiger charge is -2.31. The zero-order valence-electron chi connectivity index (χ0n) is 15.5. The lowest BCUT2D eigenvalue weighted by molar-refractivity contribution is 0.0683. The highest BCUT2D eigenvalue weighted by Gasteiger charge is 2.23. The number of piperidine rings is 1. The van der Waals surface area contributed by atoms with Crippen molar-refractivity contribution in [2.75, 3.05) is 19.6 Å². The number of carbonyl (C=O) groups excluding carboxylic acids is 1. The summed E-state index contributed by atoms with van der Waals surface area (Å²) in [6, 6.07) is 10.00. The number of rotatable bonds is 6. The smallest absolute Gasteiger partial charge is 0.253 e. The van der Waals surface area contributed by atoms with Crippen molar-refractivity contribution in [2.45, 2.75) is 31.1 Å². The quantitative estimate of drug-likeness (QED) is 0.826. The maximum absolute atomic E-state index is 12.7. The molecule has 1 aliphatic heterocycles. The van der Waals surface area contributed by atoms with Crippen molar-refractivity contribution in [2.24, 2.45) is 5.92 Å². The molecular formula is C20H25N3O3S. The number of likely N-dealkylation sites (tertiary alicyclic amines) is 1. The molecule has 1 N–H and O–H groups in total. The van der Waals surface area contributed by atoms with Crippen LogP contribution < -0.4 is 4.72 Å². The zero-order chi connectivity index (χ0) is 19.3. The summed E-state index contributed by atoms with van der Waals surface area (Å²) in [7, 11) is -3.66. The van der Waals surface area contributed by atoms with Gasteiger partial charge in [-0.2, -0.15) is 0 Å². The Kier molecular flexibility index (Phi) is 6.23. The first kappa shape index (κ1) is 19.5. The third kappa shape index (κ3) is 5.14. The van der Waals surface area contributed by atoms with Crippen LogP contribution in [0, 0.1) is 5.92 Å². The largest absolute Gasteiger partial charge is 0.338 e. The van der Waals surface area contributed by atoms with Gasteiger partial charge in [-0.05, 0) is 61.1 Å². The Morgan fingerprint density at radius 1 is 1.26 bits per heavy atom. The summed E-state index contributed by atoms with van der Waals surface area (Å²) in [5.74, 6) is 0.375. The van der Waals surface area contributed by atoms with Crippen molar-refractivity contribution in [3.05, 3.63) is 59.9 Å². The first-order valence-corrected chi connectivity index (χ1v) is 10.7. The van der Waals surface area contributed by atoms with E-state index in [9.17, 15) is 13.2 Å². The summed E-state index contributed by atoms with van der Waals surface area (Å²) in [5, 5.41) is 0. The SMILES string of the molecule is C[C@H]1CCCN(C(=O)c2cccc(S(=O)(=O)NCCc3ccncc3)c2)C1. The molecule has 0 aliphatic carbocycles. The maximum atomic E-state index is 12.7. The van der Waals surface area contributed by atoms with Crippen LogP contribution in [-0.2, 0) is 16.4 Å². The highest BCUT2D eigenvalue weighted by molar-refractivity contribution is 7.89. The van der Waals surface area contributed by atoms with E-state index in [0.717, 1.165) is 31.5 Å². The van der Waals surface area contributed by atoms with Crippen molar-refractivity contribution in [3.8, 4) is 0 Å². The molecule has 1 aliphatic rings. The third-order valence-corrected chi connectivity index (χ3v) is 6.25. The van der Waals surface area contributed by atoms with E-state index in [0.29, 0.717) is 17.9 Å². The number of benzene rings is 1. The number of hydrogen-bond donors (Lipinski definition) is 1. The maximum Gasteiger partial charge on any atom is 0.253 e. The predicted octanol–water partition coefficient (Wildman–Crippen LogP) is 2.47. The lowest BCUT2D eigenvalue weighted by atomic mass is 9.99. The van der Waals surface area contributed by atoms with Crippen LogP contribution in [0.1, 0.15) is 35.7 Å². The molecule has 0 radical (unpaired) electrons. The second kappa shape index (κ2) is 8.63. The molecule has 3 rings (SSSR count). The first-order chi connectivity index (χ1) is 13.0. The van der Waals surface area contributed by atoms with Gasteiger partial charge < -0.3 is 4.90 Å². The van der Waals surface area contributed by atoms with Crippen LogP contribution in [0.3, 0.4) is 0 Å². The van der Waals surface area contributed by atoms with E-state index in [1.54, 1.807) is 24.5 Å². The molecule has 0 saturated carbocycles. The molecule has 1 aromatic heterocycles. The molecule has 1 fully saturated rings. The highest BCUT2D eigenvalue weighted by atomic mass is 32.2. The molecule has 7 heteroatoms. The van der Waals surface area contributed by atoms with Crippen molar-refractivity contribution in [1.29, 1.82) is 0 Å². The average Bonchev–Trinajstić information content (AvgIpc) is 2.68. The summed E-state index contributed by atoms with van der Waals surface area (Å²) < 4.78 is 27.8. The van der Waals surface area contributed by atoms with E-state index in [-0.39, 0.29) is 17.3 Å². The van der Waals surface area contributed by atoms with Crippen molar-refractivity contribution < 1.29 is 13.2 Å². The molecule has 1 saturated heterocycles. The molecule has 0 unspecified atom stereocenters.